The van der Waals surface area contributed by atoms with E-state index in [1.807, 2.05) is 36.4 Å². The first-order valence-electron chi connectivity index (χ1n) is 9.22. The highest BCUT2D eigenvalue weighted by molar-refractivity contribution is 9.10. The Hall–Kier alpha value is -3.00. The summed E-state index contributed by atoms with van der Waals surface area (Å²) in [5.74, 6) is -0.704. The first-order valence-corrected chi connectivity index (χ1v) is 10.0. The summed E-state index contributed by atoms with van der Waals surface area (Å²) in [5, 5.41) is 8.45. The monoisotopic (exact) mass is 454 g/mol. The van der Waals surface area contributed by atoms with Gasteiger partial charge in [-0.15, -0.1) is 0 Å². The normalized spacial score (nSPS) is 16.4. The highest BCUT2D eigenvalue weighted by Gasteiger charge is 2.35. The van der Waals surface area contributed by atoms with E-state index in [-0.39, 0.29) is 30.3 Å². The van der Waals surface area contributed by atoms with Crippen LogP contribution in [0.5, 0.6) is 0 Å². The molecule has 148 valence electrons. The van der Waals surface area contributed by atoms with E-state index in [4.69, 9.17) is 0 Å². The first-order chi connectivity index (χ1) is 13.9. The minimum atomic E-state index is -0.430. The lowest BCUT2D eigenvalue weighted by Crippen LogP contribution is -2.33. The first kappa shape index (κ1) is 19.3. The van der Waals surface area contributed by atoms with Gasteiger partial charge in [-0.05, 0) is 24.3 Å². The van der Waals surface area contributed by atoms with E-state index < -0.39 is 5.92 Å². The molecule has 2 heterocycles. The van der Waals surface area contributed by atoms with Gasteiger partial charge in [-0.25, -0.2) is 4.68 Å². The van der Waals surface area contributed by atoms with Crippen molar-refractivity contribution in [2.24, 2.45) is 13.0 Å². The molecule has 0 spiro atoms. The molecule has 2 amide bonds. The van der Waals surface area contributed by atoms with E-state index in [0.717, 1.165) is 10.2 Å². The van der Waals surface area contributed by atoms with E-state index in [0.29, 0.717) is 23.0 Å². The van der Waals surface area contributed by atoms with Crippen molar-refractivity contribution in [3.8, 4) is 0 Å². The molecule has 8 heteroatoms. The molecule has 29 heavy (non-hydrogen) atoms. The van der Waals surface area contributed by atoms with Crippen LogP contribution in [-0.4, -0.2) is 28.1 Å². The molecule has 2 aromatic carbocycles. The van der Waals surface area contributed by atoms with Crippen molar-refractivity contribution >= 4 is 44.2 Å². The summed E-state index contributed by atoms with van der Waals surface area (Å²) in [6, 6.07) is 14.7. The van der Waals surface area contributed by atoms with E-state index in [9.17, 15) is 14.4 Å². The third-order valence-electron chi connectivity index (χ3n) is 5.08. The van der Waals surface area contributed by atoms with Gasteiger partial charge in [0.05, 0.1) is 23.5 Å². The quantitative estimate of drug-likeness (QED) is 0.655. The maximum absolute atomic E-state index is 12.7. The van der Waals surface area contributed by atoms with Crippen molar-refractivity contribution < 1.29 is 9.59 Å². The molecule has 1 saturated heterocycles. The molecule has 0 bridgehead atoms. The Morgan fingerprint density at radius 3 is 2.69 bits per heavy atom. The predicted molar refractivity (Wildman–Crippen MR) is 113 cm³/mol. The number of anilines is 1. The number of nitrogens with one attached hydrogen (secondary N) is 1. The summed E-state index contributed by atoms with van der Waals surface area (Å²) in [4.78, 5) is 39.0. The molecule has 1 N–H and O–H groups in total. The van der Waals surface area contributed by atoms with Crippen LogP contribution < -0.4 is 15.8 Å². The van der Waals surface area contributed by atoms with Crippen molar-refractivity contribution in [2.75, 3.05) is 11.4 Å². The maximum Gasteiger partial charge on any atom is 0.274 e. The summed E-state index contributed by atoms with van der Waals surface area (Å²) in [7, 11) is 1.59. The fraction of sp³-hybridized carbons (Fsp3) is 0.238. The smallest absolute Gasteiger partial charge is 0.274 e. The second-order valence-corrected chi connectivity index (χ2v) is 7.94. The van der Waals surface area contributed by atoms with Gasteiger partial charge in [-0.1, -0.05) is 40.2 Å². The number of amides is 2. The fourth-order valence-corrected chi connectivity index (χ4v) is 3.99. The van der Waals surface area contributed by atoms with E-state index >= 15 is 0 Å². The lowest BCUT2D eigenvalue weighted by molar-refractivity contribution is -0.126. The summed E-state index contributed by atoms with van der Waals surface area (Å²) in [6.07, 6.45) is 0.166. The van der Waals surface area contributed by atoms with Gasteiger partial charge in [0.1, 0.15) is 0 Å². The van der Waals surface area contributed by atoms with Crippen LogP contribution in [0.3, 0.4) is 0 Å². The van der Waals surface area contributed by atoms with Gasteiger partial charge in [0.25, 0.3) is 5.56 Å². The largest absolute Gasteiger partial charge is 0.350 e. The number of aryl methyl sites for hydroxylation is 1. The lowest BCUT2D eigenvalue weighted by atomic mass is 10.1. The lowest BCUT2D eigenvalue weighted by Gasteiger charge is -2.17. The number of fused-ring (bicyclic) bond motifs is 1. The van der Waals surface area contributed by atoms with Crippen molar-refractivity contribution in [3.05, 3.63) is 69.1 Å². The number of aromatic nitrogens is 2. The molecule has 7 nitrogen and oxygen atoms in total. The Kier molecular flexibility index (Phi) is 5.19. The minimum Gasteiger partial charge on any atom is -0.350 e. The van der Waals surface area contributed by atoms with Crippen molar-refractivity contribution in [3.63, 3.8) is 0 Å². The molecule has 0 radical (unpaired) electrons. The van der Waals surface area contributed by atoms with Crippen LogP contribution in [0.15, 0.2) is 57.8 Å². The molecule has 1 unspecified atom stereocenters. The van der Waals surface area contributed by atoms with E-state index in [2.05, 4.69) is 26.3 Å². The minimum absolute atomic E-state index is 0.0751. The average molecular weight is 455 g/mol. The molecular formula is C21H19BrN4O3. The zero-order chi connectivity index (χ0) is 20.5. The van der Waals surface area contributed by atoms with Gasteiger partial charge in [-0.2, -0.15) is 5.10 Å². The number of hydrogen-bond acceptors (Lipinski definition) is 4. The molecule has 1 aliphatic heterocycles. The molecular weight excluding hydrogens is 436 g/mol. The highest BCUT2D eigenvalue weighted by Crippen LogP contribution is 2.27. The van der Waals surface area contributed by atoms with Crippen LogP contribution in [0.4, 0.5) is 5.69 Å². The number of halogens is 1. The molecule has 1 aromatic heterocycles. The summed E-state index contributed by atoms with van der Waals surface area (Å²) in [6.45, 7) is 0.525. The topological polar surface area (TPSA) is 84.3 Å². The van der Waals surface area contributed by atoms with E-state index in [1.54, 1.807) is 24.1 Å². The third kappa shape index (κ3) is 3.80. The second kappa shape index (κ2) is 7.79. The Morgan fingerprint density at radius 1 is 1.17 bits per heavy atom. The number of benzene rings is 2. The van der Waals surface area contributed by atoms with Crippen LogP contribution in [-0.2, 0) is 23.2 Å². The van der Waals surface area contributed by atoms with Crippen molar-refractivity contribution in [1.82, 2.24) is 15.1 Å². The standard InChI is InChI=1S/C21H19BrN4O3/c1-25-21(29)17-8-3-2-7-16(17)18(24-25)11-23-20(28)13-9-19(27)26(12-13)15-6-4-5-14(22)10-15/h2-8,10,13H,9,11-12H2,1H3,(H,23,28). The van der Waals surface area contributed by atoms with Crippen molar-refractivity contribution in [2.45, 2.75) is 13.0 Å². The molecule has 3 aromatic rings. The SMILES string of the molecule is Cn1nc(CNC(=O)C2CC(=O)N(c3cccc(Br)c3)C2)c2ccccc2c1=O. The van der Waals surface area contributed by atoms with E-state index in [1.165, 1.54) is 4.68 Å². The Labute approximate surface area is 175 Å². The van der Waals surface area contributed by atoms with Gasteiger partial charge >= 0.3 is 0 Å². The van der Waals surface area contributed by atoms with Gasteiger partial charge in [-0.3, -0.25) is 14.4 Å². The van der Waals surface area contributed by atoms with Gasteiger partial charge < -0.3 is 10.2 Å². The van der Waals surface area contributed by atoms with Crippen LogP contribution in [0.2, 0.25) is 0 Å². The molecule has 1 aliphatic rings. The zero-order valence-corrected chi connectivity index (χ0v) is 17.3. The number of hydrogen-bond donors (Lipinski definition) is 1. The summed E-state index contributed by atoms with van der Waals surface area (Å²) >= 11 is 3.41. The number of carbonyl (C=O) groups excluding carboxylic acids is 2. The summed E-state index contributed by atoms with van der Waals surface area (Å²) < 4.78 is 2.15. The highest BCUT2D eigenvalue weighted by atomic mass is 79.9. The number of rotatable bonds is 4. The van der Waals surface area contributed by atoms with Gasteiger partial charge in [0.2, 0.25) is 11.8 Å². The fourth-order valence-electron chi connectivity index (χ4n) is 3.60. The molecule has 4 rings (SSSR count). The molecule has 1 fully saturated rings. The predicted octanol–water partition coefficient (Wildman–Crippen LogP) is 2.37. The number of nitrogens with zero attached hydrogens (tertiary/aromatic N) is 3. The van der Waals surface area contributed by atoms with Crippen LogP contribution >= 0.6 is 15.9 Å². The molecule has 0 aliphatic carbocycles. The molecule has 1 atom stereocenters. The second-order valence-electron chi connectivity index (χ2n) is 7.02. The summed E-state index contributed by atoms with van der Waals surface area (Å²) in [5.41, 5.74) is 1.20. The van der Waals surface area contributed by atoms with Crippen molar-refractivity contribution in [1.29, 1.82) is 0 Å². The van der Waals surface area contributed by atoms with Gasteiger partial charge in [0.15, 0.2) is 0 Å². The third-order valence-corrected chi connectivity index (χ3v) is 5.57. The Morgan fingerprint density at radius 2 is 1.93 bits per heavy atom. The maximum atomic E-state index is 12.7. The van der Waals surface area contributed by atoms with Gasteiger partial charge in [0, 0.05) is 35.6 Å². The van der Waals surface area contributed by atoms with Crippen LogP contribution in [0, 0.1) is 5.92 Å². The number of carbonyl (C=O) groups is 2. The Balaban J connectivity index is 1.49. The van der Waals surface area contributed by atoms with Crippen LogP contribution in [0.1, 0.15) is 12.1 Å². The zero-order valence-electron chi connectivity index (χ0n) is 15.8. The molecule has 0 saturated carbocycles. The van der Waals surface area contributed by atoms with Crippen LogP contribution in [0.25, 0.3) is 10.8 Å². The average Bonchev–Trinajstić information content (AvgIpc) is 3.11. The Bertz CT molecular complexity index is 1170.